The zero-order chi connectivity index (χ0) is 20.1. The quantitative estimate of drug-likeness (QED) is 0.477. The molecule has 5 heteroatoms. The standard InChI is InChI=1S/C23H26FN3O/c1-15-11-23(12-15,14-26-25)16-6-4-7-17(10-16)27-13-19-18(21(27)28)8-5-9-20(19)22(2,3)24/h4-10,14-15H,11-13,25H2,1-3H3/b26-14+. The molecule has 1 aliphatic carbocycles. The highest BCUT2D eigenvalue weighted by molar-refractivity contribution is 6.10. The van der Waals surface area contributed by atoms with Gasteiger partial charge in [0.25, 0.3) is 5.91 Å². The number of hydrogen-bond acceptors (Lipinski definition) is 3. The van der Waals surface area contributed by atoms with E-state index in [1.807, 2.05) is 18.3 Å². The van der Waals surface area contributed by atoms with Crippen LogP contribution in [0.15, 0.2) is 47.6 Å². The van der Waals surface area contributed by atoms with Crippen molar-refractivity contribution in [1.29, 1.82) is 0 Å². The van der Waals surface area contributed by atoms with Gasteiger partial charge in [0.1, 0.15) is 5.67 Å². The molecule has 2 aliphatic rings. The van der Waals surface area contributed by atoms with Gasteiger partial charge in [0.15, 0.2) is 0 Å². The van der Waals surface area contributed by atoms with Crippen molar-refractivity contribution < 1.29 is 9.18 Å². The first-order valence-electron chi connectivity index (χ1n) is 9.73. The Morgan fingerprint density at radius 3 is 2.61 bits per heavy atom. The zero-order valence-electron chi connectivity index (χ0n) is 16.6. The lowest BCUT2D eigenvalue weighted by atomic mass is 9.60. The maximum Gasteiger partial charge on any atom is 0.258 e. The van der Waals surface area contributed by atoms with Gasteiger partial charge in [-0.1, -0.05) is 31.2 Å². The van der Waals surface area contributed by atoms with E-state index in [9.17, 15) is 9.18 Å². The molecule has 28 heavy (non-hydrogen) atoms. The van der Waals surface area contributed by atoms with Crippen LogP contribution in [0.1, 0.15) is 60.7 Å². The van der Waals surface area contributed by atoms with Crippen LogP contribution >= 0.6 is 0 Å². The molecule has 1 aliphatic heterocycles. The molecule has 0 radical (unpaired) electrons. The van der Waals surface area contributed by atoms with Gasteiger partial charge >= 0.3 is 0 Å². The maximum absolute atomic E-state index is 14.7. The second-order valence-corrected chi connectivity index (χ2v) is 8.69. The summed E-state index contributed by atoms with van der Waals surface area (Å²) < 4.78 is 14.7. The van der Waals surface area contributed by atoms with Crippen LogP contribution in [0.5, 0.6) is 0 Å². The van der Waals surface area contributed by atoms with E-state index in [0.717, 1.165) is 29.7 Å². The van der Waals surface area contributed by atoms with E-state index in [1.165, 1.54) is 13.8 Å². The molecule has 2 N–H and O–H groups in total. The molecular formula is C23H26FN3O. The van der Waals surface area contributed by atoms with Gasteiger partial charge in [0, 0.05) is 22.9 Å². The molecule has 1 heterocycles. The third kappa shape index (κ3) is 2.89. The van der Waals surface area contributed by atoms with Crippen molar-refractivity contribution in [3.05, 3.63) is 64.7 Å². The monoisotopic (exact) mass is 379 g/mol. The number of carbonyl (C=O) groups is 1. The molecule has 0 aromatic heterocycles. The van der Waals surface area contributed by atoms with Gasteiger partial charge in [-0.25, -0.2) is 4.39 Å². The molecule has 0 spiro atoms. The van der Waals surface area contributed by atoms with Gasteiger partial charge < -0.3 is 10.7 Å². The van der Waals surface area contributed by atoms with Gasteiger partial charge in [0.2, 0.25) is 0 Å². The molecule has 4 nitrogen and oxygen atoms in total. The summed E-state index contributed by atoms with van der Waals surface area (Å²) in [6.07, 6.45) is 3.81. The molecule has 1 amide bonds. The lowest BCUT2D eigenvalue weighted by Crippen LogP contribution is -2.42. The molecule has 1 saturated carbocycles. The van der Waals surface area contributed by atoms with Crippen molar-refractivity contribution in [1.82, 2.24) is 0 Å². The summed E-state index contributed by atoms with van der Waals surface area (Å²) in [6.45, 7) is 5.66. The molecule has 146 valence electrons. The number of hydrazone groups is 1. The highest BCUT2D eigenvalue weighted by atomic mass is 19.1. The third-order valence-corrected chi connectivity index (χ3v) is 6.09. The van der Waals surface area contributed by atoms with Crippen LogP contribution in [0, 0.1) is 5.92 Å². The fraction of sp³-hybridized carbons (Fsp3) is 0.391. The van der Waals surface area contributed by atoms with Crippen LogP contribution in [-0.2, 0) is 17.6 Å². The number of amides is 1. The second kappa shape index (κ2) is 6.43. The minimum Gasteiger partial charge on any atom is -0.324 e. The number of rotatable bonds is 4. The Morgan fingerprint density at radius 1 is 1.25 bits per heavy atom. The van der Waals surface area contributed by atoms with E-state index >= 15 is 0 Å². The first-order valence-corrected chi connectivity index (χ1v) is 9.73. The second-order valence-electron chi connectivity index (χ2n) is 8.69. The van der Waals surface area contributed by atoms with Crippen molar-refractivity contribution in [3.63, 3.8) is 0 Å². The van der Waals surface area contributed by atoms with Crippen LogP contribution in [0.25, 0.3) is 0 Å². The molecule has 0 saturated heterocycles. The number of alkyl halides is 1. The largest absolute Gasteiger partial charge is 0.324 e. The van der Waals surface area contributed by atoms with Gasteiger partial charge in [-0.3, -0.25) is 4.79 Å². The minimum atomic E-state index is -1.49. The SMILES string of the molecule is CC1CC(/C=N/N)(c2cccc(N3Cc4c(cccc4C(C)(C)F)C3=O)c2)C1. The van der Waals surface area contributed by atoms with Crippen molar-refractivity contribution in [3.8, 4) is 0 Å². The summed E-state index contributed by atoms with van der Waals surface area (Å²) >= 11 is 0. The Bertz CT molecular complexity index is 955. The van der Waals surface area contributed by atoms with E-state index in [4.69, 9.17) is 5.84 Å². The van der Waals surface area contributed by atoms with Gasteiger partial charge in [-0.15, -0.1) is 0 Å². The average Bonchev–Trinajstić information content (AvgIpc) is 2.96. The van der Waals surface area contributed by atoms with Crippen molar-refractivity contribution >= 4 is 17.8 Å². The van der Waals surface area contributed by atoms with Crippen LogP contribution < -0.4 is 10.7 Å². The van der Waals surface area contributed by atoms with Crippen LogP contribution in [0.3, 0.4) is 0 Å². The summed E-state index contributed by atoms with van der Waals surface area (Å²) in [7, 11) is 0. The summed E-state index contributed by atoms with van der Waals surface area (Å²) in [5, 5.41) is 3.81. The Kier molecular flexibility index (Phi) is 4.29. The first kappa shape index (κ1) is 18.7. The van der Waals surface area contributed by atoms with Crippen molar-refractivity contribution in [2.75, 3.05) is 4.90 Å². The van der Waals surface area contributed by atoms with E-state index in [0.29, 0.717) is 23.6 Å². The van der Waals surface area contributed by atoms with E-state index in [2.05, 4.69) is 24.2 Å². The Morgan fingerprint density at radius 2 is 1.96 bits per heavy atom. The number of hydrogen-bond donors (Lipinski definition) is 1. The number of anilines is 1. The number of halogens is 1. The number of fused-ring (bicyclic) bond motifs is 1. The summed E-state index contributed by atoms with van der Waals surface area (Å²) in [4.78, 5) is 14.8. The number of nitrogens with zero attached hydrogens (tertiary/aromatic N) is 2. The smallest absolute Gasteiger partial charge is 0.258 e. The molecule has 0 atom stereocenters. The van der Waals surface area contributed by atoms with E-state index < -0.39 is 5.67 Å². The predicted molar refractivity (Wildman–Crippen MR) is 110 cm³/mol. The lowest BCUT2D eigenvalue weighted by molar-refractivity contribution is 0.0996. The normalized spacial score (nSPS) is 24.5. The topological polar surface area (TPSA) is 58.7 Å². The summed E-state index contributed by atoms with van der Waals surface area (Å²) in [5.74, 6) is 6.01. The lowest BCUT2D eigenvalue weighted by Gasteiger charge is -2.44. The number of carbonyl (C=O) groups excluding carboxylic acids is 1. The zero-order valence-corrected chi connectivity index (χ0v) is 16.6. The number of nitrogens with two attached hydrogens (primary N) is 1. The average molecular weight is 379 g/mol. The fourth-order valence-electron chi connectivity index (χ4n) is 4.82. The third-order valence-electron chi connectivity index (χ3n) is 6.09. The molecule has 2 aromatic carbocycles. The van der Waals surface area contributed by atoms with E-state index in [1.54, 1.807) is 23.1 Å². The van der Waals surface area contributed by atoms with Crippen molar-refractivity contribution in [2.45, 2.75) is 51.2 Å². The van der Waals surface area contributed by atoms with Crippen LogP contribution in [-0.4, -0.2) is 12.1 Å². The molecular weight excluding hydrogens is 353 g/mol. The maximum atomic E-state index is 14.7. The highest BCUT2D eigenvalue weighted by Gasteiger charge is 2.43. The van der Waals surface area contributed by atoms with Gasteiger partial charge in [0.05, 0.1) is 6.54 Å². The first-order chi connectivity index (χ1) is 13.2. The van der Waals surface area contributed by atoms with Crippen LogP contribution in [0.2, 0.25) is 0 Å². The molecule has 4 rings (SSSR count). The van der Waals surface area contributed by atoms with Crippen molar-refractivity contribution in [2.24, 2.45) is 16.9 Å². The fourth-order valence-corrected chi connectivity index (χ4v) is 4.82. The van der Waals surface area contributed by atoms with Gasteiger partial charge in [-0.2, -0.15) is 5.10 Å². The summed E-state index contributed by atoms with van der Waals surface area (Å²) in [6, 6.07) is 13.3. The Labute approximate surface area is 165 Å². The predicted octanol–water partition coefficient (Wildman–Crippen LogP) is 4.66. The number of benzene rings is 2. The van der Waals surface area contributed by atoms with Crippen LogP contribution in [0.4, 0.5) is 10.1 Å². The summed E-state index contributed by atoms with van der Waals surface area (Å²) in [5.41, 5.74) is 2.23. The van der Waals surface area contributed by atoms with E-state index in [-0.39, 0.29) is 11.3 Å². The Hall–Kier alpha value is -2.69. The van der Waals surface area contributed by atoms with Gasteiger partial charge in [-0.05, 0) is 67.5 Å². The molecule has 0 bridgehead atoms. The molecule has 2 aromatic rings. The minimum absolute atomic E-state index is 0.0817. The molecule has 0 unspecified atom stereocenters. The molecule has 1 fully saturated rings. The highest BCUT2D eigenvalue weighted by Crippen LogP contribution is 2.47. The Balaban J connectivity index is 1.71.